The topological polar surface area (TPSA) is 38.5 Å². The second-order valence-electron chi connectivity index (χ2n) is 7.22. The van der Waals surface area contributed by atoms with Gasteiger partial charge in [0.15, 0.2) is 0 Å². The van der Waals surface area contributed by atoms with Crippen molar-refractivity contribution < 1.29 is 4.74 Å². The lowest BCUT2D eigenvalue weighted by atomic mass is 9.69. The highest BCUT2D eigenvalue weighted by molar-refractivity contribution is 5.35. The maximum absolute atomic E-state index is 6.26. The molecule has 22 heavy (non-hydrogen) atoms. The van der Waals surface area contributed by atoms with Crippen molar-refractivity contribution in [2.24, 2.45) is 5.73 Å². The molecule has 0 amide bonds. The molecule has 3 rings (SSSR count). The van der Waals surface area contributed by atoms with E-state index in [0.717, 1.165) is 25.3 Å². The average molecular weight is 302 g/mol. The van der Waals surface area contributed by atoms with E-state index in [4.69, 9.17) is 10.5 Å². The van der Waals surface area contributed by atoms with Gasteiger partial charge < -0.3 is 15.4 Å². The van der Waals surface area contributed by atoms with Gasteiger partial charge >= 0.3 is 0 Å². The Balaban J connectivity index is 1.74. The second kappa shape index (κ2) is 7.01. The van der Waals surface area contributed by atoms with Gasteiger partial charge in [-0.1, -0.05) is 31.4 Å². The molecule has 0 spiro atoms. The van der Waals surface area contributed by atoms with Crippen LogP contribution in [0.3, 0.4) is 0 Å². The van der Waals surface area contributed by atoms with Crippen LogP contribution in [0.1, 0.15) is 50.5 Å². The minimum Gasteiger partial charge on any atom is -0.489 e. The minimum absolute atomic E-state index is 0.182. The molecule has 122 valence electrons. The molecule has 0 radical (unpaired) electrons. The lowest BCUT2D eigenvalue weighted by Gasteiger charge is -2.37. The van der Waals surface area contributed by atoms with E-state index in [1.54, 1.807) is 0 Å². The van der Waals surface area contributed by atoms with Crippen molar-refractivity contribution in [3.63, 3.8) is 0 Å². The Morgan fingerprint density at radius 1 is 1.23 bits per heavy atom. The summed E-state index contributed by atoms with van der Waals surface area (Å²) >= 11 is 0. The highest BCUT2D eigenvalue weighted by Gasteiger charge is 2.32. The molecule has 2 aliphatic rings. The first kappa shape index (κ1) is 15.8. The monoisotopic (exact) mass is 302 g/mol. The zero-order valence-electron chi connectivity index (χ0n) is 13.9. The first-order valence-corrected chi connectivity index (χ1v) is 8.88. The molecule has 0 aromatic heterocycles. The number of likely N-dealkylation sites (tertiary alicyclic amines) is 1. The molecule has 1 saturated carbocycles. The summed E-state index contributed by atoms with van der Waals surface area (Å²) < 4.78 is 6.26. The number of nitrogens with two attached hydrogens (primary N) is 1. The summed E-state index contributed by atoms with van der Waals surface area (Å²) in [5.74, 6) is 1.02. The lowest BCUT2D eigenvalue weighted by molar-refractivity contribution is 0.104. The van der Waals surface area contributed by atoms with Crippen molar-refractivity contribution >= 4 is 0 Å². The van der Waals surface area contributed by atoms with E-state index >= 15 is 0 Å². The average Bonchev–Trinajstić information content (AvgIpc) is 2.56. The maximum Gasteiger partial charge on any atom is 0.120 e. The molecule has 1 aromatic rings. The Labute approximate surface area is 134 Å². The molecule has 1 aromatic carbocycles. The molecular weight excluding hydrogens is 272 g/mol. The molecule has 1 aliphatic carbocycles. The number of nitrogens with zero attached hydrogens (tertiary/aromatic N) is 1. The van der Waals surface area contributed by atoms with Crippen LogP contribution in [0.25, 0.3) is 0 Å². The van der Waals surface area contributed by atoms with Gasteiger partial charge in [-0.15, -0.1) is 0 Å². The molecule has 1 unspecified atom stereocenters. The first-order valence-electron chi connectivity index (χ1n) is 8.88. The molecule has 1 saturated heterocycles. The van der Waals surface area contributed by atoms with Crippen molar-refractivity contribution in [3.8, 4) is 5.75 Å². The Kier molecular flexibility index (Phi) is 5.04. The fourth-order valence-corrected chi connectivity index (χ4v) is 4.15. The summed E-state index contributed by atoms with van der Waals surface area (Å²) in [6.45, 7) is 2.98. The molecule has 3 heteroatoms. The number of hydrogen-bond acceptors (Lipinski definition) is 3. The van der Waals surface area contributed by atoms with Gasteiger partial charge in [-0.2, -0.15) is 0 Å². The third-order valence-electron chi connectivity index (χ3n) is 5.53. The largest absolute Gasteiger partial charge is 0.489 e. The van der Waals surface area contributed by atoms with Gasteiger partial charge in [-0.3, -0.25) is 0 Å². The number of hydrogen-bond donors (Lipinski definition) is 1. The SMILES string of the molecule is CN1CCCC(Oc2cccc(C3(CN)CCCCC3)c2)C1. The van der Waals surface area contributed by atoms with Gasteiger partial charge in [0.05, 0.1) is 0 Å². The van der Waals surface area contributed by atoms with E-state index in [-0.39, 0.29) is 5.41 Å². The van der Waals surface area contributed by atoms with Crippen LogP contribution in [0.2, 0.25) is 0 Å². The Morgan fingerprint density at radius 2 is 2.05 bits per heavy atom. The van der Waals surface area contributed by atoms with E-state index in [1.165, 1.54) is 50.6 Å². The second-order valence-corrected chi connectivity index (χ2v) is 7.22. The van der Waals surface area contributed by atoms with Gasteiger partial charge in [0.1, 0.15) is 11.9 Å². The number of benzene rings is 1. The van der Waals surface area contributed by atoms with Gasteiger partial charge in [-0.25, -0.2) is 0 Å². The molecule has 2 N–H and O–H groups in total. The number of rotatable bonds is 4. The van der Waals surface area contributed by atoms with E-state index in [2.05, 4.69) is 36.2 Å². The van der Waals surface area contributed by atoms with Crippen molar-refractivity contribution in [3.05, 3.63) is 29.8 Å². The van der Waals surface area contributed by atoms with E-state index < -0.39 is 0 Å². The molecule has 2 fully saturated rings. The quantitative estimate of drug-likeness (QED) is 0.927. The van der Waals surface area contributed by atoms with Crippen molar-refractivity contribution in [1.82, 2.24) is 4.90 Å². The summed E-state index contributed by atoms with van der Waals surface area (Å²) in [5, 5.41) is 0. The standard InChI is InChI=1S/C19H30N2O/c1-21-12-6-9-18(14-21)22-17-8-5-7-16(13-17)19(15-20)10-3-2-4-11-19/h5,7-8,13,18H,2-4,6,9-12,14-15,20H2,1H3. The summed E-state index contributed by atoms with van der Waals surface area (Å²) in [7, 11) is 2.18. The Hall–Kier alpha value is -1.06. The third-order valence-corrected chi connectivity index (χ3v) is 5.53. The van der Waals surface area contributed by atoms with Crippen LogP contribution < -0.4 is 10.5 Å². The van der Waals surface area contributed by atoms with E-state index in [9.17, 15) is 0 Å². The fourth-order valence-electron chi connectivity index (χ4n) is 4.15. The van der Waals surface area contributed by atoms with Crippen LogP contribution in [0.5, 0.6) is 5.75 Å². The van der Waals surface area contributed by atoms with Gasteiger partial charge in [0, 0.05) is 18.5 Å². The number of piperidine rings is 1. The molecule has 0 bridgehead atoms. The third kappa shape index (κ3) is 3.47. The highest BCUT2D eigenvalue weighted by atomic mass is 16.5. The van der Waals surface area contributed by atoms with Crippen LogP contribution in [0, 0.1) is 0 Å². The maximum atomic E-state index is 6.26. The number of ether oxygens (including phenoxy) is 1. The van der Waals surface area contributed by atoms with E-state index in [1.807, 2.05) is 0 Å². The normalized spacial score (nSPS) is 25.8. The zero-order valence-corrected chi connectivity index (χ0v) is 13.9. The van der Waals surface area contributed by atoms with Crippen molar-refractivity contribution in [1.29, 1.82) is 0 Å². The van der Waals surface area contributed by atoms with Crippen LogP contribution >= 0.6 is 0 Å². The zero-order chi connectivity index (χ0) is 15.4. The van der Waals surface area contributed by atoms with Gasteiger partial charge in [0.2, 0.25) is 0 Å². The van der Waals surface area contributed by atoms with Crippen molar-refractivity contribution in [2.75, 3.05) is 26.7 Å². The number of likely N-dealkylation sites (N-methyl/N-ethyl adjacent to an activating group) is 1. The summed E-state index contributed by atoms with van der Waals surface area (Å²) in [4.78, 5) is 2.36. The predicted molar refractivity (Wildman–Crippen MR) is 91.4 cm³/mol. The molecule has 1 atom stereocenters. The Bertz CT molecular complexity index is 482. The van der Waals surface area contributed by atoms with Crippen LogP contribution in [0.15, 0.2) is 24.3 Å². The van der Waals surface area contributed by atoms with Crippen LogP contribution in [-0.4, -0.2) is 37.7 Å². The first-order chi connectivity index (χ1) is 10.7. The summed E-state index contributed by atoms with van der Waals surface area (Å²) in [5.41, 5.74) is 7.74. The Morgan fingerprint density at radius 3 is 2.77 bits per heavy atom. The van der Waals surface area contributed by atoms with Crippen LogP contribution in [0.4, 0.5) is 0 Å². The molecule has 1 aliphatic heterocycles. The van der Waals surface area contributed by atoms with Crippen molar-refractivity contribution in [2.45, 2.75) is 56.5 Å². The molecular formula is C19H30N2O. The molecule has 1 heterocycles. The molecule has 3 nitrogen and oxygen atoms in total. The summed E-state index contributed by atoms with van der Waals surface area (Å²) in [6.07, 6.45) is 9.12. The highest BCUT2D eigenvalue weighted by Crippen LogP contribution is 2.39. The smallest absolute Gasteiger partial charge is 0.120 e. The fraction of sp³-hybridized carbons (Fsp3) is 0.684. The van der Waals surface area contributed by atoms with E-state index in [0.29, 0.717) is 6.10 Å². The van der Waals surface area contributed by atoms with Gasteiger partial charge in [0.25, 0.3) is 0 Å². The summed E-state index contributed by atoms with van der Waals surface area (Å²) in [6, 6.07) is 8.75. The van der Waals surface area contributed by atoms with Crippen LogP contribution in [-0.2, 0) is 5.41 Å². The lowest BCUT2D eigenvalue weighted by Crippen LogP contribution is -2.39. The van der Waals surface area contributed by atoms with Gasteiger partial charge in [-0.05, 0) is 57.0 Å². The predicted octanol–water partition coefficient (Wildman–Crippen LogP) is 3.32. The minimum atomic E-state index is 0.182.